The number of amides is 1. The van der Waals surface area contributed by atoms with Crippen LogP contribution >= 0.6 is 0 Å². The number of carbonyl (C=O) groups excluding carboxylic acids is 1. The van der Waals surface area contributed by atoms with Crippen molar-refractivity contribution < 1.29 is 4.79 Å². The largest absolute Gasteiger partial charge is 0.353 e. The van der Waals surface area contributed by atoms with Crippen LogP contribution in [0.2, 0.25) is 0 Å². The zero-order valence-electron chi connectivity index (χ0n) is 15.7. The van der Waals surface area contributed by atoms with Crippen molar-refractivity contribution in [1.82, 2.24) is 29.7 Å². The van der Waals surface area contributed by atoms with Crippen LogP contribution in [0.3, 0.4) is 0 Å². The lowest BCUT2D eigenvalue weighted by Gasteiger charge is -2.37. The minimum atomic E-state index is -0.490. The zero-order chi connectivity index (χ0) is 18.8. The van der Waals surface area contributed by atoms with Crippen molar-refractivity contribution in [1.29, 1.82) is 0 Å². The van der Waals surface area contributed by atoms with Crippen molar-refractivity contribution >= 4 is 5.91 Å². The number of nitrogens with zero attached hydrogens (tertiary/aromatic N) is 6. The Labute approximate surface area is 158 Å². The van der Waals surface area contributed by atoms with Crippen molar-refractivity contribution in [3.63, 3.8) is 0 Å². The molecule has 0 spiro atoms. The quantitative estimate of drug-likeness (QED) is 0.714. The van der Waals surface area contributed by atoms with Gasteiger partial charge in [0.2, 0.25) is 11.7 Å². The van der Waals surface area contributed by atoms with Crippen molar-refractivity contribution in [2.24, 2.45) is 7.05 Å². The molecule has 2 unspecified atom stereocenters. The first-order chi connectivity index (χ1) is 13.1. The maximum Gasteiger partial charge on any atom is 0.249 e. The monoisotopic (exact) mass is 364 g/mol. The van der Waals surface area contributed by atoms with Crippen LogP contribution in [0.5, 0.6) is 0 Å². The molecule has 1 aliphatic heterocycles. The molecule has 2 aromatic heterocycles. The summed E-state index contributed by atoms with van der Waals surface area (Å²) < 4.78 is 2.10. The number of aryl methyl sites for hydroxylation is 1. The van der Waals surface area contributed by atoms with Crippen molar-refractivity contribution in [3.8, 4) is 11.4 Å². The van der Waals surface area contributed by atoms with E-state index in [0.29, 0.717) is 5.82 Å². The van der Waals surface area contributed by atoms with E-state index in [0.717, 1.165) is 31.4 Å². The summed E-state index contributed by atoms with van der Waals surface area (Å²) in [6.45, 7) is 2.61. The van der Waals surface area contributed by atoms with Crippen molar-refractivity contribution in [3.05, 3.63) is 54.4 Å². The number of hydrogen-bond donors (Lipinski definition) is 0. The van der Waals surface area contributed by atoms with Gasteiger partial charge in [-0.25, -0.2) is 0 Å². The lowest BCUT2D eigenvalue weighted by molar-refractivity contribution is -0.139. The highest BCUT2D eigenvalue weighted by molar-refractivity contribution is 5.80. The lowest BCUT2D eigenvalue weighted by Crippen LogP contribution is -2.42. The van der Waals surface area contributed by atoms with Gasteiger partial charge < -0.3 is 9.47 Å². The Hall–Kier alpha value is -2.96. The van der Waals surface area contributed by atoms with Gasteiger partial charge in [-0.05, 0) is 43.5 Å². The van der Waals surface area contributed by atoms with Crippen molar-refractivity contribution in [2.45, 2.75) is 38.3 Å². The summed E-state index contributed by atoms with van der Waals surface area (Å²) in [6.07, 6.45) is 5.17. The van der Waals surface area contributed by atoms with E-state index >= 15 is 0 Å². The van der Waals surface area contributed by atoms with Crippen LogP contribution in [-0.4, -0.2) is 42.1 Å². The van der Waals surface area contributed by atoms with Gasteiger partial charge in [0.25, 0.3) is 0 Å². The molecule has 1 amide bonds. The molecule has 0 aliphatic carbocycles. The van der Waals surface area contributed by atoms with Crippen LogP contribution in [0.15, 0.2) is 48.7 Å². The molecule has 3 heterocycles. The number of aromatic nitrogens is 5. The molecule has 0 radical (unpaired) electrons. The molecule has 0 saturated carbocycles. The van der Waals surface area contributed by atoms with E-state index in [1.165, 1.54) is 10.5 Å². The standard InChI is InChI=1S/C20H24N6O/c1-15(26-22-19(21-23-26)16-9-4-3-5-10-16)20(27)25-14-7-6-11-18(25)17-12-8-13-24(17)2/h3-5,8-10,12-13,15,18H,6-7,11,14H2,1-2H3. The van der Waals surface area contributed by atoms with Crippen molar-refractivity contribution in [2.75, 3.05) is 6.54 Å². The second-order valence-electron chi connectivity index (χ2n) is 7.06. The summed E-state index contributed by atoms with van der Waals surface area (Å²) in [5.41, 5.74) is 2.06. The molecule has 7 heteroatoms. The molecule has 1 aliphatic rings. The van der Waals surface area contributed by atoms with Gasteiger partial charge in [0.05, 0.1) is 6.04 Å². The van der Waals surface area contributed by atoms with Gasteiger partial charge in [0.1, 0.15) is 6.04 Å². The summed E-state index contributed by atoms with van der Waals surface area (Å²) in [7, 11) is 2.03. The summed E-state index contributed by atoms with van der Waals surface area (Å²) in [4.78, 5) is 16.7. The number of carbonyl (C=O) groups is 1. The molecule has 27 heavy (non-hydrogen) atoms. The Morgan fingerprint density at radius 3 is 2.70 bits per heavy atom. The Morgan fingerprint density at radius 1 is 1.15 bits per heavy atom. The molecule has 140 valence electrons. The third-order valence-corrected chi connectivity index (χ3v) is 5.28. The highest BCUT2D eigenvalue weighted by Crippen LogP contribution is 2.32. The Kier molecular flexibility index (Phi) is 4.75. The van der Waals surface area contributed by atoms with E-state index in [-0.39, 0.29) is 11.9 Å². The van der Waals surface area contributed by atoms with Gasteiger partial charge in [-0.15, -0.1) is 10.2 Å². The predicted molar refractivity (Wildman–Crippen MR) is 102 cm³/mol. The minimum absolute atomic E-state index is 0.0397. The minimum Gasteiger partial charge on any atom is -0.353 e. The van der Waals surface area contributed by atoms with Gasteiger partial charge in [0, 0.05) is 31.0 Å². The number of rotatable bonds is 4. The lowest BCUT2D eigenvalue weighted by atomic mass is 9.98. The Morgan fingerprint density at radius 2 is 1.96 bits per heavy atom. The Balaban J connectivity index is 1.56. The molecule has 1 saturated heterocycles. The fourth-order valence-electron chi connectivity index (χ4n) is 3.75. The molecule has 3 aromatic rings. The molecule has 1 aromatic carbocycles. The summed E-state index contributed by atoms with van der Waals surface area (Å²) >= 11 is 0. The summed E-state index contributed by atoms with van der Waals surface area (Å²) in [6, 6.07) is 13.4. The summed E-state index contributed by atoms with van der Waals surface area (Å²) in [5, 5.41) is 12.7. The highest BCUT2D eigenvalue weighted by atomic mass is 16.2. The van der Waals surface area contributed by atoms with Crippen LogP contribution in [0.4, 0.5) is 0 Å². The maximum absolute atomic E-state index is 13.2. The molecular formula is C20H24N6O. The molecular weight excluding hydrogens is 340 g/mol. The second-order valence-corrected chi connectivity index (χ2v) is 7.06. The van der Waals surface area contributed by atoms with Crippen LogP contribution in [-0.2, 0) is 11.8 Å². The first kappa shape index (κ1) is 17.5. The number of tetrazole rings is 1. The fourth-order valence-corrected chi connectivity index (χ4v) is 3.75. The van der Waals surface area contributed by atoms with Crippen LogP contribution < -0.4 is 0 Å². The second kappa shape index (κ2) is 7.34. The first-order valence-corrected chi connectivity index (χ1v) is 9.42. The molecule has 0 N–H and O–H groups in total. The number of hydrogen-bond acceptors (Lipinski definition) is 4. The third-order valence-electron chi connectivity index (χ3n) is 5.28. The molecule has 2 atom stereocenters. The van der Waals surface area contributed by atoms with E-state index in [9.17, 15) is 4.79 Å². The summed E-state index contributed by atoms with van der Waals surface area (Å²) in [5.74, 6) is 0.575. The SMILES string of the molecule is CC(C(=O)N1CCCCC1c1cccn1C)n1nnc(-c2ccccc2)n1. The molecule has 1 fully saturated rings. The normalized spacial score (nSPS) is 18.4. The van der Waals surface area contributed by atoms with Gasteiger partial charge in [-0.1, -0.05) is 30.3 Å². The predicted octanol–water partition coefficient (Wildman–Crippen LogP) is 2.99. The average Bonchev–Trinajstić information content (AvgIpc) is 3.37. The van der Waals surface area contributed by atoms with Crippen LogP contribution in [0.1, 0.15) is 44.0 Å². The number of piperidine rings is 1. The Bertz CT molecular complexity index is 915. The van der Waals surface area contributed by atoms with Crippen LogP contribution in [0.25, 0.3) is 11.4 Å². The maximum atomic E-state index is 13.2. The van der Waals surface area contributed by atoms with E-state index in [4.69, 9.17) is 0 Å². The van der Waals surface area contributed by atoms with Gasteiger partial charge in [0.15, 0.2) is 0 Å². The van der Waals surface area contributed by atoms with Gasteiger partial charge >= 0.3 is 0 Å². The molecule has 7 nitrogen and oxygen atoms in total. The van der Waals surface area contributed by atoms with E-state index in [1.807, 2.05) is 61.5 Å². The smallest absolute Gasteiger partial charge is 0.249 e. The van der Waals surface area contributed by atoms with Gasteiger partial charge in [-0.2, -0.15) is 4.80 Å². The fraction of sp³-hybridized carbons (Fsp3) is 0.400. The molecule has 4 rings (SSSR count). The average molecular weight is 364 g/mol. The topological polar surface area (TPSA) is 68.8 Å². The third kappa shape index (κ3) is 3.37. The van der Waals surface area contributed by atoms with Crippen LogP contribution in [0, 0.1) is 0 Å². The van der Waals surface area contributed by atoms with E-state index in [1.54, 1.807) is 0 Å². The highest BCUT2D eigenvalue weighted by Gasteiger charge is 2.33. The number of benzene rings is 1. The molecule has 0 bridgehead atoms. The van der Waals surface area contributed by atoms with E-state index < -0.39 is 6.04 Å². The van der Waals surface area contributed by atoms with Gasteiger partial charge in [-0.3, -0.25) is 4.79 Å². The van der Waals surface area contributed by atoms with E-state index in [2.05, 4.69) is 26.0 Å². The first-order valence-electron chi connectivity index (χ1n) is 9.42. The number of likely N-dealkylation sites (tertiary alicyclic amines) is 1. The zero-order valence-corrected chi connectivity index (χ0v) is 15.7.